The van der Waals surface area contributed by atoms with E-state index in [4.69, 9.17) is 30.0 Å². The van der Waals surface area contributed by atoms with Crippen molar-refractivity contribution in [1.29, 1.82) is 0 Å². The number of phenolic OH excluding ortho intramolecular Hbond substituents is 1. The van der Waals surface area contributed by atoms with Gasteiger partial charge in [-0.25, -0.2) is 14.2 Å². The average Bonchev–Trinajstić information content (AvgIpc) is 3.64. The zero-order valence-electron chi connectivity index (χ0n) is 25.9. The van der Waals surface area contributed by atoms with Crippen molar-refractivity contribution in [2.24, 2.45) is 11.5 Å². The van der Waals surface area contributed by atoms with Gasteiger partial charge in [0.2, 0.25) is 11.6 Å². The number of phosphoric acid groups is 1. The summed E-state index contributed by atoms with van der Waals surface area (Å²) in [6, 6.07) is 5.56. The van der Waals surface area contributed by atoms with Gasteiger partial charge in [0.25, 0.3) is 5.56 Å². The Hall–Kier alpha value is -4.92. The fraction of sp³-hybridized carbons (Fsp3) is 0.345. The van der Waals surface area contributed by atoms with Crippen molar-refractivity contribution in [2.75, 3.05) is 11.9 Å². The molecule has 1 amide bonds. The second-order valence-electron chi connectivity index (χ2n) is 11.7. The van der Waals surface area contributed by atoms with Gasteiger partial charge in [0.05, 0.1) is 29.6 Å². The van der Waals surface area contributed by atoms with E-state index in [1.807, 2.05) is 4.98 Å². The molecular weight excluding hydrogens is 687 g/mol. The predicted octanol–water partition coefficient (Wildman–Crippen LogP) is -0.761. The van der Waals surface area contributed by atoms with Crippen molar-refractivity contribution in [3.8, 4) is 5.75 Å². The molecule has 1 aliphatic carbocycles. The van der Waals surface area contributed by atoms with Gasteiger partial charge in [-0.1, -0.05) is 0 Å². The lowest BCUT2D eigenvalue weighted by Crippen LogP contribution is -2.37. The SMILES string of the molecule is CC1=C(Nc2ccc(O)cc2)C(=O)c2c(COC(N)=O)c3n(c2C1=O)CC(N)C3OP(=O)(O)OC[C@H]1O[C@@H](n2ccc(=O)[nH]c2=O)[C@H](O)[C@@H]1O. The maximum absolute atomic E-state index is 14.0. The lowest BCUT2D eigenvalue weighted by molar-refractivity contribution is -0.0564. The van der Waals surface area contributed by atoms with Crippen LogP contribution in [-0.2, 0) is 36.2 Å². The number of anilines is 1. The standard InChI is InChI=1S/C29H31N6O14P/c1-11-19(32-12-2-4-13(36)5-3-12)24(40)18-14(9-46-28(31)42)20-26(15(30)8-35(20)21(18)22(11)38)49-50(44,45)47-10-16-23(39)25(41)27(48-16)34-7-6-17(37)33-29(34)43/h2-7,15-16,23,25-27,32,36,39,41H,8-10,30H2,1H3,(H2,31,42)(H,44,45)(H,33,37,43)/t15?,16-,23-,25-,26?,27-/m1/s1. The van der Waals surface area contributed by atoms with Crippen molar-refractivity contribution in [2.45, 2.75) is 56.8 Å². The summed E-state index contributed by atoms with van der Waals surface area (Å²) < 4.78 is 36.4. The molecular formula is C29H31N6O14P. The maximum atomic E-state index is 14.0. The number of H-pyrrole nitrogens is 1. The van der Waals surface area contributed by atoms with Crippen LogP contribution in [0, 0.1) is 0 Å². The van der Waals surface area contributed by atoms with Gasteiger partial charge in [0.1, 0.15) is 42.5 Å². The van der Waals surface area contributed by atoms with Gasteiger partial charge in [-0.05, 0) is 31.2 Å². The van der Waals surface area contributed by atoms with Crippen LogP contribution in [0.5, 0.6) is 5.75 Å². The predicted molar refractivity (Wildman–Crippen MR) is 167 cm³/mol. The Morgan fingerprint density at radius 2 is 1.82 bits per heavy atom. The number of fused-ring (bicyclic) bond motifs is 3. The highest BCUT2D eigenvalue weighted by Crippen LogP contribution is 2.52. The highest BCUT2D eigenvalue weighted by atomic mass is 31.2. The number of aromatic amines is 1. The van der Waals surface area contributed by atoms with E-state index in [9.17, 15) is 48.8 Å². The monoisotopic (exact) mass is 718 g/mol. The van der Waals surface area contributed by atoms with E-state index in [0.717, 1.165) is 16.8 Å². The Balaban J connectivity index is 1.26. The van der Waals surface area contributed by atoms with Crippen LogP contribution < -0.4 is 28.0 Å². The molecule has 2 aliphatic heterocycles. The van der Waals surface area contributed by atoms with Gasteiger partial charge in [0, 0.05) is 35.6 Å². The maximum Gasteiger partial charge on any atom is 0.472 e. The van der Waals surface area contributed by atoms with E-state index >= 15 is 0 Å². The first-order chi connectivity index (χ1) is 23.6. The smallest absolute Gasteiger partial charge is 0.472 e. The van der Waals surface area contributed by atoms with Gasteiger partial charge in [-0.3, -0.25) is 33.0 Å². The number of Topliss-reactive ketones (excluding diaryl/α,β-unsaturated/α-hetero) is 2. The second-order valence-corrected chi connectivity index (χ2v) is 13.1. The zero-order chi connectivity index (χ0) is 36.2. The number of benzene rings is 1. The number of rotatable bonds is 10. The number of ketones is 2. The third-order valence-corrected chi connectivity index (χ3v) is 9.42. The van der Waals surface area contributed by atoms with E-state index in [2.05, 4.69) is 5.32 Å². The summed E-state index contributed by atoms with van der Waals surface area (Å²) >= 11 is 0. The Labute approximate surface area is 280 Å². The number of amides is 1. The molecule has 266 valence electrons. The lowest BCUT2D eigenvalue weighted by Gasteiger charge is -2.23. The number of carbonyl (C=O) groups is 3. The van der Waals surface area contributed by atoms with Gasteiger partial charge in [0.15, 0.2) is 6.23 Å². The minimum absolute atomic E-state index is 0.0204. The molecule has 1 aromatic carbocycles. The highest BCUT2D eigenvalue weighted by Gasteiger charge is 2.49. The number of aliphatic hydroxyl groups excluding tert-OH is 2. The van der Waals surface area contributed by atoms with Crippen molar-refractivity contribution >= 4 is 31.2 Å². The molecule has 2 aromatic heterocycles. The summed E-state index contributed by atoms with van der Waals surface area (Å²) in [6.45, 7) is -0.264. The summed E-state index contributed by atoms with van der Waals surface area (Å²) in [7, 11) is -5.14. The molecule has 7 atom stereocenters. The minimum atomic E-state index is -5.14. The van der Waals surface area contributed by atoms with E-state index < -0.39 is 86.6 Å². The molecule has 0 spiro atoms. The van der Waals surface area contributed by atoms with E-state index in [1.54, 1.807) is 0 Å². The minimum Gasteiger partial charge on any atom is -0.508 e. The number of phosphoric ester groups is 1. The second kappa shape index (κ2) is 13.1. The normalized spacial score (nSPS) is 25.7. The van der Waals surface area contributed by atoms with E-state index in [1.165, 1.54) is 35.8 Å². The third-order valence-electron chi connectivity index (χ3n) is 8.45. The Bertz CT molecular complexity index is 2090. The van der Waals surface area contributed by atoms with E-state index in [-0.39, 0.29) is 46.1 Å². The van der Waals surface area contributed by atoms with Crippen LogP contribution in [0.2, 0.25) is 0 Å². The van der Waals surface area contributed by atoms with Crippen LogP contribution in [0.25, 0.3) is 0 Å². The van der Waals surface area contributed by atoms with E-state index in [0.29, 0.717) is 5.69 Å². The average molecular weight is 719 g/mol. The number of aromatic nitrogens is 3. The molecule has 3 unspecified atom stereocenters. The number of nitrogens with zero attached hydrogens (tertiary/aromatic N) is 2. The van der Waals surface area contributed by atoms with Gasteiger partial charge >= 0.3 is 19.6 Å². The summed E-state index contributed by atoms with van der Waals surface area (Å²) in [6.07, 6.45) is -8.10. The summed E-state index contributed by atoms with van der Waals surface area (Å²) in [5.74, 6) is -1.33. The fourth-order valence-corrected chi connectivity index (χ4v) is 7.04. The number of allylic oxidation sites excluding steroid dienone is 2. The Kier molecular flexibility index (Phi) is 9.14. The first-order valence-corrected chi connectivity index (χ1v) is 16.4. The van der Waals surface area contributed by atoms with Gasteiger partial charge in [-0.15, -0.1) is 0 Å². The molecule has 4 heterocycles. The molecule has 0 saturated carbocycles. The van der Waals surface area contributed by atoms with Gasteiger partial charge in [-0.2, -0.15) is 0 Å². The lowest BCUT2D eigenvalue weighted by atomic mass is 9.89. The Morgan fingerprint density at radius 1 is 1.12 bits per heavy atom. The zero-order valence-corrected chi connectivity index (χ0v) is 26.8. The quantitative estimate of drug-likeness (QED) is 0.0943. The van der Waals surface area contributed by atoms with Crippen LogP contribution in [-0.4, -0.2) is 83.0 Å². The molecule has 0 radical (unpaired) electrons. The molecule has 20 nitrogen and oxygen atoms in total. The summed E-state index contributed by atoms with van der Waals surface area (Å²) in [4.78, 5) is 75.6. The number of phenols is 1. The van der Waals surface area contributed by atoms with Crippen molar-refractivity contribution in [1.82, 2.24) is 14.1 Å². The van der Waals surface area contributed by atoms with Crippen molar-refractivity contribution in [3.63, 3.8) is 0 Å². The van der Waals surface area contributed by atoms with Crippen molar-refractivity contribution < 1.29 is 57.7 Å². The highest BCUT2D eigenvalue weighted by molar-refractivity contribution is 7.47. The fourth-order valence-electron chi connectivity index (χ4n) is 6.10. The number of hydrogen-bond donors (Lipinski definition) is 8. The number of nitrogens with one attached hydrogen (secondary N) is 2. The molecule has 0 bridgehead atoms. The number of carbonyl (C=O) groups excluding carboxylic acids is 3. The number of ether oxygens (including phenoxy) is 2. The largest absolute Gasteiger partial charge is 0.508 e. The van der Waals surface area contributed by atoms with Gasteiger partial charge < -0.3 is 51.0 Å². The van der Waals surface area contributed by atoms with Crippen LogP contribution in [0.4, 0.5) is 10.5 Å². The molecule has 3 aliphatic rings. The molecule has 3 aromatic rings. The summed E-state index contributed by atoms with van der Waals surface area (Å²) in [5.41, 5.74) is 9.68. The third kappa shape index (κ3) is 6.30. The molecule has 1 saturated heterocycles. The number of aliphatic hydroxyl groups is 2. The number of nitrogens with two attached hydrogens (primary N) is 2. The number of hydrogen-bond acceptors (Lipinski definition) is 15. The Morgan fingerprint density at radius 3 is 2.48 bits per heavy atom. The van der Waals surface area contributed by atoms with Crippen molar-refractivity contribution in [3.05, 3.63) is 91.2 Å². The van der Waals surface area contributed by atoms with Crippen LogP contribution in [0.1, 0.15) is 51.4 Å². The molecule has 21 heteroatoms. The van der Waals surface area contributed by atoms with Crippen LogP contribution in [0.3, 0.4) is 0 Å². The first kappa shape index (κ1) is 34.9. The van der Waals surface area contributed by atoms with Crippen LogP contribution in [0.15, 0.2) is 57.4 Å². The first-order valence-electron chi connectivity index (χ1n) is 14.9. The number of primary amides is 1. The molecule has 10 N–H and O–H groups in total. The summed E-state index contributed by atoms with van der Waals surface area (Å²) in [5, 5.41) is 33.5. The topological polar surface area (TPSA) is 310 Å². The van der Waals surface area contributed by atoms with Crippen LogP contribution >= 0.6 is 7.82 Å². The molecule has 50 heavy (non-hydrogen) atoms. The number of aromatic hydroxyl groups is 1. The molecule has 1 fully saturated rings. The molecule has 6 rings (SSSR count).